The number of nitrogens with one attached hydrogen (secondary N) is 1. The maximum atomic E-state index is 6.26. The molecule has 0 aliphatic carbocycles. The van der Waals surface area contributed by atoms with Gasteiger partial charge in [0.1, 0.15) is 17.2 Å². The van der Waals surface area contributed by atoms with Crippen LogP contribution in [0.5, 0.6) is 5.75 Å². The Morgan fingerprint density at radius 1 is 1.07 bits per heavy atom. The summed E-state index contributed by atoms with van der Waals surface area (Å²) in [5.41, 5.74) is 4.97. The highest BCUT2D eigenvalue weighted by atomic mass is 16.5. The van der Waals surface area contributed by atoms with E-state index in [0.29, 0.717) is 5.82 Å². The number of allylic oxidation sites excluding steroid dienone is 1. The van der Waals surface area contributed by atoms with Gasteiger partial charge in [-0.1, -0.05) is 24.3 Å². The molecule has 0 unspecified atom stereocenters. The Morgan fingerprint density at radius 2 is 1.97 bits per heavy atom. The van der Waals surface area contributed by atoms with Crippen LogP contribution >= 0.6 is 0 Å². The third-order valence-electron chi connectivity index (χ3n) is 5.24. The van der Waals surface area contributed by atoms with Crippen molar-refractivity contribution in [1.82, 2.24) is 14.4 Å². The van der Waals surface area contributed by atoms with Crippen LogP contribution in [0.15, 0.2) is 73.2 Å². The van der Waals surface area contributed by atoms with Gasteiger partial charge in [-0.3, -0.25) is 4.40 Å². The van der Waals surface area contributed by atoms with Crippen LogP contribution in [0.2, 0.25) is 0 Å². The highest BCUT2D eigenvalue weighted by Gasteiger charge is 2.17. The number of rotatable bonds is 4. The minimum Gasteiger partial charge on any atom is -0.455 e. The molecule has 4 aromatic rings. The van der Waals surface area contributed by atoms with E-state index in [9.17, 15) is 0 Å². The van der Waals surface area contributed by atoms with E-state index in [-0.39, 0.29) is 0 Å². The van der Waals surface area contributed by atoms with Gasteiger partial charge in [0.05, 0.1) is 6.20 Å². The topological polar surface area (TPSA) is 54.7 Å². The number of hydrogen-bond donors (Lipinski definition) is 1. The fourth-order valence-corrected chi connectivity index (χ4v) is 3.67. The second-order valence-corrected chi connectivity index (χ2v) is 7.50. The molecule has 30 heavy (non-hydrogen) atoms. The van der Waals surface area contributed by atoms with Gasteiger partial charge in [0.25, 0.3) is 0 Å². The maximum Gasteiger partial charge on any atom is 0.181 e. The molecule has 0 atom stereocenters. The Balaban J connectivity index is 1.50. The molecular formula is C24H23N5O. The van der Waals surface area contributed by atoms with Gasteiger partial charge in [-0.05, 0) is 48.7 Å². The van der Waals surface area contributed by atoms with Crippen LogP contribution in [-0.2, 0) is 6.42 Å². The lowest BCUT2D eigenvalue weighted by atomic mass is 10.1. The number of fused-ring (bicyclic) bond motifs is 2. The van der Waals surface area contributed by atoms with Crippen molar-refractivity contribution < 1.29 is 4.74 Å². The molecule has 6 heteroatoms. The number of para-hydroxylation sites is 1. The zero-order valence-corrected chi connectivity index (χ0v) is 17.0. The average Bonchev–Trinajstić information content (AvgIpc) is 3.08. The molecule has 2 aromatic heterocycles. The number of hydrogen-bond acceptors (Lipinski definition) is 5. The third kappa shape index (κ3) is 3.37. The molecule has 5 rings (SSSR count). The summed E-state index contributed by atoms with van der Waals surface area (Å²) in [6.07, 6.45) is 9.57. The van der Waals surface area contributed by atoms with E-state index >= 15 is 0 Å². The number of anilines is 3. The van der Waals surface area contributed by atoms with E-state index in [2.05, 4.69) is 50.5 Å². The summed E-state index contributed by atoms with van der Waals surface area (Å²) < 4.78 is 8.28. The average molecular weight is 397 g/mol. The van der Waals surface area contributed by atoms with Gasteiger partial charge >= 0.3 is 0 Å². The minimum atomic E-state index is 0.703. The summed E-state index contributed by atoms with van der Waals surface area (Å²) in [5.74, 6) is 2.43. The monoisotopic (exact) mass is 397 g/mol. The molecular weight excluding hydrogens is 374 g/mol. The predicted octanol–water partition coefficient (Wildman–Crippen LogP) is 4.91. The van der Waals surface area contributed by atoms with Crippen LogP contribution in [0.25, 0.3) is 11.4 Å². The number of nitrogens with zero attached hydrogens (tertiary/aromatic N) is 4. The number of imidazole rings is 1. The van der Waals surface area contributed by atoms with Crippen LogP contribution in [0.4, 0.5) is 17.2 Å². The summed E-state index contributed by atoms with van der Waals surface area (Å²) >= 11 is 0. The van der Waals surface area contributed by atoms with Crippen molar-refractivity contribution in [2.75, 3.05) is 24.3 Å². The van der Waals surface area contributed by atoms with Crippen molar-refractivity contribution in [3.63, 3.8) is 0 Å². The van der Waals surface area contributed by atoms with Gasteiger partial charge in [-0.2, -0.15) is 0 Å². The van der Waals surface area contributed by atoms with Crippen LogP contribution < -0.4 is 15.0 Å². The molecule has 0 fully saturated rings. The van der Waals surface area contributed by atoms with Gasteiger partial charge in [0, 0.05) is 37.9 Å². The van der Waals surface area contributed by atoms with Crippen molar-refractivity contribution in [2.24, 2.45) is 0 Å². The highest BCUT2D eigenvalue weighted by molar-refractivity contribution is 5.74. The molecule has 0 saturated heterocycles. The SMILES string of the molecule is CN(C)c1cccc(Nc2nccn3c(C4=CCCc5ccccc5O4)cnc23)c1. The second-order valence-electron chi connectivity index (χ2n) is 7.50. The molecule has 0 radical (unpaired) electrons. The molecule has 6 nitrogen and oxygen atoms in total. The highest BCUT2D eigenvalue weighted by Crippen LogP contribution is 2.31. The van der Waals surface area contributed by atoms with E-state index in [0.717, 1.165) is 47.1 Å². The molecule has 2 aromatic carbocycles. The molecule has 1 N–H and O–H groups in total. The van der Waals surface area contributed by atoms with Crippen molar-refractivity contribution in [2.45, 2.75) is 12.8 Å². The summed E-state index contributed by atoms with van der Waals surface area (Å²) in [6.45, 7) is 0. The quantitative estimate of drug-likeness (QED) is 0.531. The second kappa shape index (κ2) is 7.55. The predicted molar refractivity (Wildman–Crippen MR) is 120 cm³/mol. The zero-order chi connectivity index (χ0) is 20.5. The molecule has 3 heterocycles. The van der Waals surface area contributed by atoms with Gasteiger partial charge in [0.2, 0.25) is 0 Å². The van der Waals surface area contributed by atoms with E-state index < -0.39 is 0 Å². The first-order chi connectivity index (χ1) is 14.7. The van der Waals surface area contributed by atoms with Gasteiger partial charge < -0.3 is 15.0 Å². The van der Waals surface area contributed by atoms with E-state index in [1.54, 1.807) is 6.20 Å². The lowest BCUT2D eigenvalue weighted by molar-refractivity contribution is 0.509. The number of aryl methyl sites for hydroxylation is 1. The first-order valence-corrected chi connectivity index (χ1v) is 10.0. The number of ether oxygens (including phenoxy) is 1. The lowest BCUT2D eigenvalue weighted by Gasteiger charge is -2.14. The van der Waals surface area contributed by atoms with Crippen LogP contribution in [0, 0.1) is 0 Å². The van der Waals surface area contributed by atoms with Crippen molar-refractivity contribution >= 4 is 28.6 Å². The maximum absolute atomic E-state index is 6.26. The lowest BCUT2D eigenvalue weighted by Crippen LogP contribution is -2.08. The molecule has 0 spiro atoms. The molecule has 150 valence electrons. The van der Waals surface area contributed by atoms with Crippen molar-refractivity contribution in [1.29, 1.82) is 0 Å². The van der Waals surface area contributed by atoms with E-state index in [4.69, 9.17) is 4.74 Å². The summed E-state index contributed by atoms with van der Waals surface area (Å²) in [7, 11) is 4.05. The minimum absolute atomic E-state index is 0.703. The molecule has 0 saturated carbocycles. The van der Waals surface area contributed by atoms with Gasteiger partial charge in [-0.25, -0.2) is 9.97 Å². The molecule has 0 amide bonds. The van der Waals surface area contributed by atoms with Crippen molar-refractivity contribution in [3.05, 3.63) is 84.5 Å². The van der Waals surface area contributed by atoms with E-state index in [1.807, 2.05) is 55.2 Å². The number of aromatic nitrogens is 3. The normalized spacial score (nSPS) is 13.2. The Hall–Kier alpha value is -3.80. The standard InChI is InChI=1S/C24H23N5O/c1-28(2)19-10-6-9-18(15-19)27-23-24-26-16-20(29(24)14-13-25-23)22-12-5-8-17-7-3-4-11-21(17)30-22/h3-4,6-7,9-16H,5,8H2,1-2H3,(H,25,27). The first kappa shape index (κ1) is 18.2. The Kier molecular flexibility index (Phi) is 4.59. The number of benzene rings is 2. The van der Waals surface area contributed by atoms with Crippen molar-refractivity contribution in [3.8, 4) is 5.75 Å². The Morgan fingerprint density at radius 3 is 2.87 bits per heavy atom. The molecule has 0 bridgehead atoms. The summed E-state index contributed by atoms with van der Waals surface area (Å²) in [5, 5.41) is 3.41. The summed E-state index contributed by atoms with van der Waals surface area (Å²) in [4.78, 5) is 11.2. The zero-order valence-electron chi connectivity index (χ0n) is 17.0. The largest absolute Gasteiger partial charge is 0.455 e. The van der Waals surface area contributed by atoms with Crippen LogP contribution in [-0.4, -0.2) is 28.5 Å². The molecule has 1 aliphatic rings. The fraction of sp³-hybridized carbons (Fsp3) is 0.167. The van der Waals surface area contributed by atoms with Gasteiger partial charge in [-0.15, -0.1) is 0 Å². The van der Waals surface area contributed by atoms with E-state index in [1.165, 1.54) is 5.56 Å². The fourth-order valence-electron chi connectivity index (χ4n) is 3.67. The Bertz CT molecular complexity index is 1240. The first-order valence-electron chi connectivity index (χ1n) is 10.0. The summed E-state index contributed by atoms with van der Waals surface area (Å²) in [6, 6.07) is 16.4. The Labute approximate surface area is 175 Å². The third-order valence-corrected chi connectivity index (χ3v) is 5.24. The van der Waals surface area contributed by atoms with Crippen LogP contribution in [0.3, 0.4) is 0 Å². The smallest absolute Gasteiger partial charge is 0.181 e. The molecule has 1 aliphatic heterocycles. The van der Waals surface area contributed by atoms with Crippen LogP contribution in [0.1, 0.15) is 17.7 Å². The van der Waals surface area contributed by atoms with Gasteiger partial charge in [0.15, 0.2) is 11.5 Å².